The summed E-state index contributed by atoms with van der Waals surface area (Å²) in [6.07, 6.45) is 5.89. The quantitative estimate of drug-likeness (QED) is 0.433. The van der Waals surface area contributed by atoms with Crippen molar-refractivity contribution < 1.29 is 0 Å². The first-order valence-electron chi connectivity index (χ1n) is 7.80. The van der Waals surface area contributed by atoms with Gasteiger partial charge in [-0.3, -0.25) is 9.89 Å². The van der Waals surface area contributed by atoms with Crippen LogP contribution in [0.15, 0.2) is 11.2 Å². The summed E-state index contributed by atoms with van der Waals surface area (Å²) < 4.78 is 0. The lowest BCUT2D eigenvalue weighted by atomic mass is 10.2. The summed E-state index contributed by atoms with van der Waals surface area (Å²) in [4.78, 5) is 12.6. The molecular formula is C15H26IN5S. The molecule has 1 aliphatic heterocycles. The van der Waals surface area contributed by atoms with Gasteiger partial charge in [0.25, 0.3) is 0 Å². The minimum absolute atomic E-state index is 0. The topological polar surface area (TPSA) is 52.6 Å². The molecule has 0 bridgehead atoms. The lowest BCUT2D eigenvalue weighted by Gasteiger charge is -2.20. The van der Waals surface area contributed by atoms with Crippen LogP contribution in [0.1, 0.15) is 36.1 Å². The molecule has 7 heteroatoms. The second-order valence-corrected chi connectivity index (χ2v) is 7.46. The smallest absolute Gasteiger partial charge is 0.191 e. The van der Waals surface area contributed by atoms with Gasteiger partial charge >= 0.3 is 0 Å². The second-order valence-electron chi connectivity index (χ2n) is 6.14. The summed E-state index contributed by atoms with van der Waals surface area (Å²) in [7, 11) is 1.83. The van der Waals surface area contributed by atoms with Crippen LogP contribution >= 0.6 is 35.3 Å². The van der Waals surface area contributed by atoms with E-state index in [1.165, 1.54) is 24.1 Å². The van der Waals surface area contributed by atoms with Crippen molar-refractivity contribution >= 4 is 41.3 Å². The number of hydrogen-bond acceptors (Lipinski definition) is 4. The van der Waals surface area contributed by atoms with Crippen molar-refractivity contribution in [2.45, 2.75) is 57.8 Å². The highest BCUT2D eigenvalue weighted by Crippen LogP contribution is 2.33. The van der Waals surface area contributed by atoms with E-state index in [4.69, 9.17) is 0 Å². The van der Waals surface area contributed by atoms with Crippen LogP contribution in [0.5, 0.6) is 0 Å². The number of thiazole rings is 1. The van der Waals surface area contributed by atoms with E-state index in [1.807, 2.05) is 13.2 Å². The van der Waals surface area contributed by atoms with Crippen molar-refractivity contribution in [3.8, 4) is 0 Å². The van der Waals surface area contributed by atoms with Crippen LogP contribution in [0, 0.1) is 6.92 Å². The van der Waals surface area contributed by atoms with Gasteiger partial charge < -0.3 is 10.6 Å². The lowest BCUT2D eigenvalue weighted by molar-refractivity contribution is 0.256. The molecule has 0 radical (unpaired) electrons. The van der Waals surface area contributed by atoms with Gasteiger partial charge in [-0.25, -0.2) is 4.98 Å². The number of aryl methyl sites for hydroxylation is 1. The molecule has 1 saturated heterocycles. The molecule has 2 fully saturated rings. The first-order valence-corrected chi connectivity index (χ1v) is 8.61. The third kappa shape index (κ3) is 4.55. The molecule has 2 atom stereocenters. The number of guanidine groups is 1. The van der Waals surface area contributed by atoms with E-state index in [1.54, 1.807) is 11.3 Å². The Morgan fingerprint density at radius 2 is 2.27 bits per heavy atom. The Labute approximate surface area is 154 Å². The maximum atomic E-state index is 4.37. The third-order valence-electron chi connectivity index (χ3n) is 4.28. The van der Waals surface area contributed by atoms with Crippen molar-refractivity contribution in [3.63, 3.8) is 0 Å². The highest BCUT2D eigenvalue weighted by Gasteiger charge is 2.38. The Hall–Kier alpha value is -0.410. The van der Waals surface area contributed by atoms with Gasteiger partial charge in [-0.1, -0.05) is 0 Å². The Morgan fingerprint density at radius 1 is 1.50 bits per heavy atom. The van der Waals surface area contributed by atoms with Gasteiger partial charge in [0.2, 0.25) is 0 Å². The first-order chi connectivity index (χ1) is 10.2. The fourth-order valence-electron chi connectivity index (χ4n) is 3.11. The van der Waals surface area contributed by atoms with Gasteiger partial charge in [0.1, 0.15) is 5.01 Å². The summed E-state index contributed by atoms with van der Waals surface area (Å²) in [5.41, 5.74) is 0. The summed E-state index contributed by atoms with van der Waals surface area (Å²) in [6, 6.07) is 2.04. The largest absolute Gasteiger partial charge is 0.352 e. The van der Waals surface area contributed by atoms with E-state index in [0.717, 1.165) is 30.1 Å². The molecule has 5 nitrogen and oxygen atoms in total. The predicted octanol–water partition coefficient (Wildman–Crippen LogP) is 2.36. The number of rotatable bonds is 4. The Kier molecular flexibility index (Phi) is 6.46. The summed E-state index contributed by atoms with van der Waals surface area (Å²) in [5, 5.41) is 8.03. The van der Waals surface area contributed by atoms with E-state index in [2.05, 4.69) is 39.4 Å². The SMILES string of the molecule is CN=C(NCc1ncc(C)s1)NC1CC(C)N(C2CC2)C1.I. The van der Waals surface area contributed by atoms with E-state index in [0.29, 0.717) is 12.1 Å². The minimum Gasteiger partial charge on any atom is -0.352 e. The van der Waals surface area contributed by atoms with Crippen molar-refractivity contribution in [3.05, 3.63) is 16.1 Å². The van der Waals surface area contributed by atoms with E-state index < -0.39 is 0 Å². The summed E-state index contributed by atoms with van der Waals surface area (Å²) >= 11 is 1.73. The molecular weight excluding hydrogens is 409 g/mol. The van der Waals surface area contributed by atoms with Crippen LogP contribution in [-0.4, -0.2) is 47.6 Å². The zero-order chi connectivity index (χ0) is 14.8. The molecule has 2 unspecified atom stereocenters. The monoisotopic (exact) mass is 435 g/mol. The minimum atomic E-state index is 0. The number of likely N-dealkylation sites (tertiary alicyclic amines) is 1. The molecule has 2 aliphatic rings. The van der Waals surface area contributed by atoms with Crippen LogP contribution < -0.4 is 10.6 Å². The number of halogens is 1. The van der Waals surface area contributed by atoms with Crippen molar-refractivity contribution in [2.24, 2.45) is 4.99 Å². The van der Waals surface area contributed by atoms with Crippen molar-refractivity contribution in [1.29, 1.82) is 0 Å². The molecule has 2 heterocycles. The van der Waals surface area contributed by atoms with Gasteiger partial charge in [-0.15, -0.1) is 35.3 Å². The summed E-state index contributed by atoms with van der Waals surface area (Å²) in [6.45, 7) is 6.31. The maximum absolute atomic E-state index is 4.37. The number of aliphatic imine (C=N–C) groups is 1. The van der Waals surface area contributed by atoms with Crippen LogP contribution in [0.3, 0.4) is 0 Å². The van der Waals surface area contributed by atoms with Crippen LogP contribution in [-0.2, 0) is 6.54 Å². The molecule has 3 rings (SSSR count). The number of aromatic nitrogens is 1. The first kappa shape index (κ1) is 17.9. The fourth-order valence-corrected chi connectivity index (χ4v) is 3.83. The van der Waals surface area contributed by atoms with Gasteiger partial charge in [0, 0.05) is 42.8 Å². The molecule has 1 aromatic rings. The van der Waals surface area contributed by atoms with E-state index in [9.17, 15) is 0 Å². The van der Waals surface area contributed by atoms with Crippen LogP contribution in [0.2, 0.25) is 0 Å². The highest BCUT2D eigenvalue weighted by atomic mass is 127. The lowest BCUT2D eigenvalue weighted by Crippen LogP contribution is -2.44. The van der Waals surface area contributed by atoms with Gasteiger partial charge in [0.05, 0.1) is 6.54 Å². The Bertz CT molecular complexity index is 514. The van der Waals surface area contributed by atoms with Gasteiger partial charge in [-0.2, -0.15) is 0 Å². The van der Waals surface area contributed by atoms with E-state index in [-0.39, 0.29) is 24.0 Å². The van der Waals surface area contributed by atoms with Crippen LogP contribution in [0.4, 0.5) is 0 Å². The van der Waals surface area contributed by atoms with Crippen molar-refractivity contribution in [1.82, 2.24) is 20.5 Å². The van der Waals surface area contributed by atoms with Crippen molar-refractivity contribution in [2.75, 3.05) is 13.6 Å². The molecule has 2 N–H and O–H groups in total. The average Bonchev–Trinajstić information content (AvgIpc) is 3.12. The number of nitrogens with zero attached hydrogens (tertiary/aromatic N) is 3. The molecule has 1 aliphatic carbocycles. The zero-order valence-corrected chi connectivity index (χ0v) is 16.6. The van der Waals surface area contributed by atoms with Gasteiger partial charge in [0.15, 0.2) is 5.96 Å². The average molecular weight is 435 g/mol. The zero-order valence-electron chi connectivity index (χ0n) is 13.5. The Morgan fingerprint density at radius 3 is 2.86 bits per heavy atom. The fraction of sp³-hybridized carbons (Fsp3) is 0.733. The predicted molar refractivity (Wildman–Crippen MR) is 103 cm³/mol. The van der Waals surface area contributed by atoms with E-state index >= 15 is 0 Å². The number of hydrogen-bond donors (Lipinski definition) is 2. The molecule has 0 amide bonds. The number of nitrogens with one attached hydrogen (secondary N) is 2. The maximum Gasteiger partial charge on any atom is 0.191 e. The third-order valence-corrected chi connectivity index (χ3v) is 5.19. The summed E-state index contributed by atoms with van der Waals surface area (Å²) in [5.74, 6) is 0.887. The Balaban J connectivity index is 0.00000176. The normalized spacial score (nSPS) is 25.9. The molecule has 124 valence electrons. The molecule has 1 saturated carbocycles. The molecule has 0 spiro atoms. The molecule has 22 heavy (non-hydrogen) atoms. The standard InChI is InChI=1S/C15H25N5S.HI/c1-10-6-12(9-20(10)13-4-5-13)19-15(16-3)18-8-14-17-7-11(2)21-14;/h7,10,12-13H,4-6,8-9H2,1-3H3,(H2,16,18,19);1H. The van der Waals surface area contributed by atoms with Crippen LogP contribution in [0.25, 0.3) is 0 Å². The second kappa shape index (κ2) is 7.92. The molecule has 1 aromatic heterocycles. The molecule has 0 aromatic carbocycles. The highest BCUT2D eigenvalue weighted by molar-refractivity contribution is 14.0. The van der Waals surface area contributed by atoms with Gasteiger partial charge in [-0.05, 0) is 33.1 Å².